The zero-order chi connectivity index (χ0) is 23.1. The van der Waals surface area contributed by atoms with Crippen LogP contribution in [0.1, 0.15) is 37.8 Å². The summed E-state index contributed by atoms with van der Waals surface area (Å²) in [5.41, 5.74) is 5.37. The maximum absolute atomic E-state index is 13.3. The maximum atomic E-state index is 13.3. The van der Waals surface area contributed by atoms with Crippen LogP contribution >= 0.6 is 35.6 Å². The van der Waals surface area contributed by atoms with Crippen molar-refractivity contribution in [2.45, 2.75) is 32.2 Å². The van der Waals surface area contributed by atoms with E-state index >= 15 is 0 Å². The van der Waals surface area contributed by atoms with Crippen LogP contribution in [0.15, 0.2) is 47.6 Å². The Labute approximate surface area is 216 Å². The number of hydrogen-bond acceptors (Lipinski definition) is 5. The van der Waals surface area contributed by atoms with Crippen LogP contribution in [0.2, 0.25) is 10.0 Å². The third-order valence-electron chi connectivity index (χ3n) is 7.22. The highest BCUT2D eigenvalue weighted by Gasteiger charge is 2.42. The summed E-state index contributed by atoms with van der Waals surface area (Å²) in [5.74, 6) is 1.88. The highest BCUT2D eigenvalue weighted by molar-refractivity contribution is 6.41. The van der Waals surface area contributed by atoms with Crippen molar-refractivity contribution in [1.29, 1.82) is 0 Å². The summed E-state index contributed by atoms with van der Waals surface area (Å²) in [6.07, 6.45) is 3.83. The Kier molecular flexibility index (Phi) is 7.63. The number of benzene rings is 2. The van der Waals surface area contributed by atoms with E-state index in [1.54, 1.807) is 19.2 Å². The van der Waals surface area contributed by atoms with Gasteiger partial charge in [-0.3, -0.25) is 15.2 Å². The van der Waals surface area contributed by atoms with E-state index in [0.717, 1.165) is 24.4 Å². The maximum Gasteiger partial charge on any atom is 0.282 e. The van der Waals surface area contributed by atoms with Gasteiger partial charge in [-0.25, -0.2) is 5.01 Å². The predicted octanol–water partition coefficient (Wildman–Crippen LogP) is 5.74. The van der Waals surface area contributed by atoms with Gasteiger partial charge >= 0.3 is 0 Å². The topological polar surface area (TPSA) is 57.2 Å². The number of hydrazone groups is 1. The predicted molar refractivity (Wildman–Crippen MR) is 139 cm³/mol. The molecule has 1 saturated carbocycles. The molecule has 2 aromatic rings. The highest BCUT2D eigenvalue weighted by Crippen LogP contribution is 2.43. The second kappa shape index (κ2) is 10.3. The molecule has 0 spiro atoms. The van der Waals surface area contributed by atoms with Crippen molar-refractivity contribution >= 4 is 52.9 Å². The molecule has 2 fully saturated rings. The minimum atomic E-state index is -0.187. The summed E-state index contributed by atoms with van der Waals surface area (Å²) in [6, 6.07) is 13.0. The summed E-state index contributed by atoms with van der Waals surface area (Å²) >= 11 is 12.7. The molecular weight excluding hydrogens is 495 g/mol. The molecule has 1 saturated heterocycles. The second-order valence-corrected chi connectivity index (χ2v) is 10.1. The Hall–Kier alpha value is -1.99. The zero-order valence-corrected chi connectivity index (χ0v) is 21.5. The molecule has 34 heavy (non-hydrogen) atoms. The van der Waals surface area contributed by atoms with Crippen molar-refractivity contribution in [2.75, 3.05) is 25.2 Å². The number of carbonyl (C=O) groups excluding carboxylic acids is 1. The lowest BCUT2D eigenvalue weighted by Gasteiger charge is -2.27. The number of halogens is 3. The van der Waals surface area contributed by atoms with Gasteiger partial charge in [0.25, 0.3) is 5.91 Å². The first kappa shape index (κ1) is 25.1. The van der Waals surface area contributed by atoms with Crippen LogP contribution in [0.4, 0.5) is 5.69 Å². The van der Waals surface area contributed by atoms with Gasteiger partial charge in [-0.1, -0.05) is 48.7 Å². The van der Waals surface area contributed by atoms with E-state index in [1.807, 2.05) is 42.3 Å². The van der Waals surface area contributed by atoms with Gasteiger partial charge in [0.15, 0.2) is 0 Å². The van der Waals surface area contributed by atoms with Crippen molar-refractivity contribution < 1.29 is 9.53 Å². The monoisotopic (exact) mass is 522 g/mol. The summed E-state index contributed by atoms with van der Waals surface area (Å²) in [4.78, 5) is 13.3. The fraction of sp³-hybridized carbons (Fsp3) is 0.440. The van der Waals surface area contributed by atoms with Gasteiger partial charge < -0.3 is 4.74 Å². The number of hydrazine groups is 1. The molecule has 2 heterocycles. The Morgan fingerprint density at radius 2 is 1.76 bits per heavy atom. The molecule has 0 bridgehead atoms. The van der Waals surface area contributed by atoms with Crippen LogP contribution < -0.4 is 15.2 Å². The second-order valence-electron chi connectivity index (χ2n) is 9.23. The van der Waals surface area contributed by atoms with Crippen molar-refractivity contribution in [3.05, 3.63) is 58.1 Å². The van der Waals surface area contributed by atoms with E-state index in [0.29, 0.717) is 33.3 Å². The molecule has 9 heteroatoms. The molecule has 1 aliphatic carbocycles. The molecule has 0 aromatic heterocycles. The molecule has 2 aliphatic heterocycles. The number of nitrogens with zero attached hydrogens (tertiary/aromatic N) is 3. The van der Waals surface area contributed by atoms with Gasteiger partial charge in [-0.05, 0) is 60.6 Å². The minimum absolute atomic E-state index is 0. The molecule has 3 aliphatic rings. The summed E-state index contributed by atoms with van der Waals surface area (Å²) in [6.45, 7) is 3.88. The number of amides is 1. The van der Waals surface area contributed by atoms with Gasteiger partial charge in [0.05, 0.1) is 23.9 Å². The third-order valence-corrected chi connectivity index (χ3v) is 7.75. The highest BCUT2D eigenvalue weighted by atomic mass is 35.5. The number of methoxy groups -OCH3 is 1. The largest absolute Gasteiger partial charge is 0.497 e. The first-order valence-electron chi connectivity index (χ1n) is 11.5. The Bertz CT molecular complexity index is 1070. The number of carbonyl (C=O) groups is 1. The van der Waals surface area contributed by atoms with Crippen LogP contribution in [0, 0.1) is 17.8 Å². The Morgan fingerprint density at radius 1 is 1.09 bits per heavy atom. The quantitative estimate of drug-likeness (QED) is 0.543. The first-order chi connectivity index (χ1) is 15.9. The van der Waals surface area contributed by atoms with E-state index < -0.39 is 0 Å². The van der Waals surface area contributed by atoms with Crippen LogP contribution in [-0.4, -0.2) is 36.8 Å². The molecule has 2 aromatic carbocycles. The van der Waals surface area contributed by atoms with E-state index in [4.69, 9.17) is 33.0 Å². The van der Waals surface area contributed by atoms with E-state index in [1.165, 1.54) is 19.3 Å². The average molecular weight is 524 g/mol. The minimum Gasteiger partial charge on any atom is -0.497 e. The number of anilines is 1. The Balaban J connectivity index is 0.00000274. The summed E-state index contributed by atoms with van der Waals surface area (Å²) < 4.78 is 5.32. The van der Waals surface area contributed by atoms with E-state index in [9.17, 15) is 4.79 Å². The SMILES string of the molecule is COc1ccc([C@H]2[C@@H](C)C(C(=O)NN3CC4CCCC4C3)=NN2c2ccc(Cl)cc2Cl)cc1.Cl. The summed E-state index contributed by atoms with van der Waals surface area (Å²) in [7, 11) is 1.64. The van der Waals surface area contributed by atoms with Crippen molar-refractivity contribution in [2.24, 2.45) is 22.9 Å². The van der Waals surface area contributed by atoms with Crippen LogP contribution in [0.25, 0.3) is 0 Å². The summed E-state index contributed by atoms with van der Waals surface area (Å²) in [5, 5.41) is 9.76. The van der Waals surface area contributed by atoms with Crippen molar-refractivity contribution in [1.82, 2.24) is 10.4 Å². The number of nitrogens with one attached hydrogen (secondary N) is 1. The molecule has 182 valence electrons. The van der Waals surface area contributed by atoms with E-state index in [-0.39, 0.29) is 30.3 Å². The molecule has 5 rings (SSSR count). The van der Waals surface area contributed by atoms with Crippen LogP contribution in [-0.2, 0) is 4.79 Å². The normalized spacial score (nSPS) is 26.1. The molecule has 1 amide bonds. The van der Waals surface area contributed by atoms with Gasteiger partial charge in [-0.15, -0.1) is 12.4 Å². The lowest BCUT2D eigenvalue weighted by molar-refractivity contribution is -0.119. The number of fused-ring (bicyclic) bond motifs is 1. The van der Waals surface area contributed by atoms with Gasteiger partial charge in [0, 0.05) is 24.0 Å². The third kappa shape index (κ3) is 4.74. The van der Waals surface area contributed by atoms with Gasteiger partial charge in [-0.2, -0.15) is 5.10 Å². The van der Waals surface area contributed by atoms with Crippen LogP contribution in [0.3, 0.4) is 0 Å². The molecule has 2 unspecified atom stereocenters. The number of rotatable bonds is 5. The number of ether oxygens (including phenoxy) is 1. The smallest absolute Gasteiger partial charge is 0.282 e. The lowest BCUT2D eigenvalue weighted by atomic mass is 9.91. The molecule has 6 nitrogen and oxygen atoms in total. The molecule has 0 radical (unpaired) electrons. The number of hydrogen-bond donors (Lipinski definition) is 1. The fourth-order valence-corrected chi connectivity index (χ4v) is 6.01. The van der Waals surface area contributed by atoms with Crippen LogP contribution in [0.5, 0.6) is 5.75 Å². The zero-order valence-electron chi connectivity index (χ0n) is 19.2. The van der Waals surface area contributed by atoms with Crippen molar-refractivity contribution in [3.8, 4) is 5.75 Å². The van der Waals surface area contributed by atoms with Gasteiger partial charge in [0.1, 0.15) is 11.5 Å². The van der Waals surface area contributed by atoms with E-state index in [2.05, 4.69) is 10.4 Å². The molecule has 1 N–H and O–H groups in total. The average Bonchev–Trinajstić information content (AvgIpc) is 3.47. The van der Waals surface area contributed by atoms with Gasteiger partial charge in [0.2, 0.25) is 0 Å². The first-order valence-corrected chi connectivity index (χ1v) is 12.2. The molecule has 4 atom stereocenters. The lowest BCUT2D eigenvalue weighted by Crippen LogP contribution is -2.45. The Morgan fingerprint density at radius 3 is 2.38 bits per heavy atom. The van der Waals surface area contributed by atoms with Crippen molar-refractivity contribution in [3.63, 3.8) is 0 Å². The standard InChI is InChI=1S/C25H28Cl2N4O2.ClH/c1-15-23(25(32)29-30-13-17-4-3-5-18(17)14-30)28-31(22-11-8-19(26)12-21(22)27)24(15)16-6-9-20(33-2)10-7-16;/h6-12,15,17-18,24H,3-5,13-14H2,1-2H3,(H,29,32);1H/t15-,17?,18?,24+;/m0./s1. The molecular formula is C25H29Cl3N4O2. The fourth-order valence-electron chi connectivity index (χ4n) is 5.51.